The second-order valence-corrected chi connectivity index (χ2v) is 6.96. The highest BCUT2D eigenvalue weighted by Crippen LogP contribution is 2.26. The first-order valence-electron chi connectivity index (χ1n) is 7.95. The van der Waals surface area contributed by atoms with E-state index in [1.165, 1.54) is 5.56 Å². The minimum atomic E-state index is 0.729. The number of benzene rings is 2. The summed E-state index contributed by atoms with van der Waals surface area (Å²) in [5.74, 6) is 1.74. The van der Waals surface area contributed by atoms with Crippen LogP contribution in [0.2, 0.25) is 0 Å². The summed E-state index contributed by atoms with van der Waals surface area (Å²) in [4.78, 5) is 9.35. The fraction of sp³-hybridized carbons (Fsp3) is 0.100. The van der Waals surface area contributed by atoms with Gasteiger partial charge in [-0.1, -0.05) is 24.3 Å². The van der Waals surface area contributed by atoms with Crippen molar-refractivity contribution in [3.63, 3.8) is 0 Å². The molecule has 0 bridgehead atoms. The van der Waals surface area contributed by atoms with Crippen LogP contribution in [-0.2, 0) is 6.54 Å². The number of methoxy groups -OCH3 is 1. The molecule has 2 aromatic carbocycles. The van der Waals surface area contributed by atoms with Gasteiger partial charge in [-0.3, -0.25) is 4.98 Å². The minimum Gasteiger partial charge on any atom is -0.497 e. The van der Waals surface area contributed by atoms with E-state index in [0.717, 1.165) is 38.4 Å². The Hall–Kier alpha value is -2.41. The molecule has 0 fully saturated rings. The molecule has 0 amide bonds. The molecule has 4 rings (SSSR count). The molecular weight excluding hydrogens is 425 g/mol. The van der Waals surface area contributed by atoms with Crippen molar-refractivity contribution in [2.75, 3.05) is 7.11 Å². The molecule has 0 radical (unpaired) electrons. The van der Waals surface area contributed by atoms with Crippen molar-refractivity contribution < 1.29 is 4.74 Å². The molecule has 0 spiro atoms. The number of hydrogen-bond donors (Lipinski definition) is 0. The Morgan fingerprint density at radius 2 is 1.84 bits per heavy atom. The second-order valence-electron chi connectivity index (χ2n) is 5.72. The predicted octanol–water partition coefficient (Wildman–Crippen LogP) is 4.76. The van der Waals surface area contributed by atoms with Crippen molar-refractivity contribution in [1.29, 1.82) is 0 Å². The van der Waals surface area contributed by atoms with Crippen LogP contribution in [0.5, 0.6) is 5.75 Å². The van der Waals surface area contributed by atoms with Crippen LogP contribution in [0.25, 0.3) is 22.6 Å². The third kappa shape index (κ3) is 3.24. The number of nitrogens with zero attached hydrogens (tertiary/aromatic N) is 3. The van der Waals surface area contributed by atoms with E-state index >= 15 is 0 Å². The standard InChI is InChI=1S/C20H16IN3O/c1-25-16-8-6-14(7-9-16)13-24-19-5-3-2-4-17(19)23-20(24)18-12-15(21)10-11-22-18/h2-12H,13H2,1H3. The minimum absolute atomic E-state index is 0.729. The number of fused-ring (bicyclic) bond motifs is 1. The van der Waals surface area contributed by atoms with Gasteiger partial charge in [0.1, 0.15) is 11.4 Å². The first-order valence-corrected chi connectivity index (χ1v) is 9.02. The van der Waals surface area contributed by atoms with Gasteiger partial charge in [0.2, 0.25) is 0 Å². The second kappa shape index (κ2) is 6.84. The van der Waals surface area contributed by atoms with Gasteiger partial charge in [-0.15, -0.1) is 0 Å². The molecule has 2 aromatic heterocycles. The molecule has 0 aliphatic rings. The fourth-order valence-corrected chi connectivity index (χ4v) is 3.33. The lowest BCUT2D eigenvalue weighted by Crippen LogP contribution is -2.03. The SMILES string of the molecule is COc1ccc(Cn2c(-c3cc(I)ccn3)nc3ccccc32)cc1. The van der Waals surface area contributed by atoms with E-state index in [1.807, 2.05) is 42.6 Å². The molecule has 25 heavy (non-hydrogen) atoms. The van der Waals surface area contributed by atoms with Gasteiger partial charge in [-0.05, 0) is 64.6 Å². The highest BCUT2D eigenvalue weighted by atomic mass is 127. The quantitative estimate of drug-likeness (QED) is 0.429. The van der Waals surface area contributed by atoms with E-state index in [-0.39, 0.29) is 0 Å². The first-order chi connectivity index (χ1) is 12.2. The topological polar surface area (TPSA) is 39.9 Å². The van der Waals surface area contributed by atoms with Crippen LogP contribution in [0.4, 0.5) is 0 Å². The number of halogens is 1. The van der Waals surface area contributed by atoms with E-state index in [4.69, 9.17) is 9.72 Å². The zero-order chi connectivity index (χ0) is 17.2. The number of aromatic nitrogens is 3. The van der Waals surface area contributed by atoms with E-state index in [0.29, 0.717) is 0 Å². The number of ether oxygens (including phenoxy) is 1. The summed E-state index contributed by atoms with van der Waals surface area (Å²) in [6, 6.07) is 20.4. The van der Waals surface area contributed by atoms with Crippen molar-refractivity contribution in [1.82, 2.24) is 14.5 Å². The van der Waals surface area contributed by atoms with Gasteiger partial charge in [0.25, 0.3) is 0 Å². The van der Waals surface area contributed by atoms with Crippen LogP contribution in [0.15, 0.2) is 66.9 Å². The Kier molecular flexibility index (Phi) is 4.40. The molecule has 0 atom stereocenters. The molecule has 124 valence electrons. The van der Waals surface area contributed by atoms with Crippen molar-refractivity contribution in [3.8, 4) is 17.3 Å². The van der Waals surface area contributed by atoms with Gasteiger partial charge < -0.3 is 9.30 Å². The summed E-state index contributed by atoms with van der Waals surface area (Å²) in [5, 5.41) is 0. The van der Waals surface area contributed by atoms with Gasteiger partial charge in [0.15, 0.2) is 5.82 Å². The molecule has 0 unspecified atom stereocenters. The van der Waals surface area contributed by atoms with Crippen molar-refractivity contribution in [2.24, 2.45) is 0 Å². The maximum Gasteiger partial charge on any atom is 0.160 e. The maximum absolute atomic E-state index is 5.25. The summed E-state index contributed by atoms with van der Waals surface area (Å²) in [6.07, 6.45) is 1.83. The monoisotopic (exact) mass is 441 g/mol. The molecule has 2 heterocycles. The first kappa shape index (κ1) is 16.1. The van der Waals surface area contributed by atoms with Crippen LogP contribution in [-0.4, -0.2) is 21.6 Å². The molecule has 0 saturated heterocycles. The molecule has 4 nitrogen and oxygen atoms in total. The van der Waals surface area contributed by atoms with Gasteiger partial charge in [-0.2, -0.15) is 0 Å². The normalized spacial score (nSPS) is 11.0. The van der Waals surface area contributed by atoms with Crippen molar-refractivity contribution in [2.45, 2.75) is 6.54 Å². The van der Waals surface area contributed by atoms with Crippen LogP contribution in [0.1, 0.15) is 5.56 Å². The lowest BCUT2D eigenvalue weighted by atomic mass is 10.2. The Bertz CT molecular complexity index is 1020. The number of imidazole rings is 1. The lowest BCUT2D eigenvalue weighted by molar-refractivity contribution is 0.414. The van der Waals surface area contributed by atoms with E-state index < -0.39 is 0 Å². The third-order valence-electron chi connectivity index (χ3n) is 4.11. The zero-order valence-electron chi connectivity index (χ0n) is 13.7. The molecular formula is C20H16IN3O. The van der Waals surface area contributed by atoms with Gasteiger partial charge >= 0.3 is 0 Å². The fourth-order valence-electron chi connectivity index (χ4n) is 2.87. The van der Waals surface area contributed by atoms with Crippen molar-refractivity contribution in [3.05, 3.63) is 76.0 Å². The van der Waals surface area contributed by atoms with E-state index in [1.54, 1.807) is 7.11 Å². The lowest BCUT2D eigenvalue weighted by Gasteiger charge is -2.10. The van der Waals surface area contributed by atoms with Gasteiger partial charge in [0, 0.05) is 16.3 Å². The summed E-state index contributed by atoms with van der Waals surface area (Å²) < 4.78 is 8.61. The average molecular weight is 441 g/mol. The largest absolute Gasteiger partial charge is 0.497 e. The summed E-state index contributed by atoms with van der Waals surface area (Å²) in [7, 11) is 1.68. The van der Waals surface area contributed by atoms with E-state index in [2.05, 4.69) is 56.4 Å². The summed E-state index contributed by atoms with van der Waals surface area (Å²) >= 11 is 2.30. The Labute approximate surface area is 159 Å². The Balaban J connectivity index is 1.84. The third-order valence-corrected chi connectivity index (χ3v) is 4.78. The smallest absolute Gasteiger partial charge is 0.160 e. The Morgan fingerprint density at radius 3 is 2.60 bits per heavy atom. The number of rotatable bonds is 4. The van der Waals surface area contributed by atoms with Crippen LogP contribution in [0.3, 0.4) is 0 Å². The number of pyridine rings is 1. The highest BCUT2D eigenvalue weighted by Gasteiger charge is 2.14. The van der Waals surface area contributed by atoms with Crippen LogP contribution >= 0.6 is 22.6 Å². The predicted molar refractivity (Wildman–Crippen MR) is 108 cm³/mol. The highest BCUT2D eigenvalue weighted by molar-refractivity contribution is 14.1. The van der Waals surface area contributed by atoms with Crippen molar-refractivity contribution >= 4 is 33.6 Å². The molecule has 5 heteroatoms. The van der Waals surface area contributed by atoms with E-state index in [9.17, 15) is 0 Å². The molecule has 4 aromatic rings. The molecule has 0 aliphatic heterocycles. The van der Waals surface area contributed by atoms with Gasteiger partial charge in [-0.25, -0.2) is 4.98 Å². The summed E-state index contributed by atoms with van der Waals surface area (Å²) in [5.41, 5.74) is 4.16. The average Bonchev–Trinajstić information content (AvgIpc) is 3.01. The molecule has 0 aliphatic carbocycles. The molecule has 0 saturated carbocycles. The Morgan fingerprint density at radius 1 is 1.04 bits per heavy atom. The van der Waals surface area contributed by atoms with Gasteiger partial charge in [0.05, 0.1) is 18.1 Å². The summed E-state index contributed by atoms with van der Waals surface area (Å²) in [6.45, 7) is 0.729. The maximum atomic E-state index is 5.25. The zero-order valence-corrected chi connectivity index (χ0v) is 15.8. The molecule has 0 N–H and O–H groups in total. The number of hydrogen-bond acceptors (Lipinski definition) is 3. The van der Waals surface area contributed by atoms with Crippen LogP contribution in [0, 0.1) is 3.57 Å². The number of para-hydroxylation sites is 2. The van der Waals surface area contributed by atoms with Crippen LogP contribution < -0.4 is 4.74 Å².